The maximum Gasteiger partial charge on any atom is 0.297 e. The molecule has 0 unspecified atom stereocenters. The van der Waals surface area contributed by atoms with E-state index in [9.17, 15) is 14.4 Å². The lowest BCUT2D eigenvalue weighted by Gasteiger charge is -2.20. The van der Waals surface area contributed by atoms with Gasteiger partial charge in [0.15, 0.2) is 5.84 Å². The number of rotatable bonds is 8. The Hall–Kier alpha value is -4.92. The summed E-state index contributed by atoms with van der Waals surface area (Å²) in [6.07, 6.45) is 1.64. The molecule has 3 aromatic rings. The molecule has 3 amide bonds. The molecular weight excluding hydrogens is 472 g/mol. The molecule has 0 aromatic heterocycles. The average molecular weight is 499 g/mol. The minimum Gasteiger partial charge on any atom is -0.497 e. The van der Waals surface area contributed by atoms with Crippen LogP contribution in [0, 0.1) is 0 Å². The molecule has 0 saturated carbocycles. The maximum absolute atomic E-state index is 13.4. The Bertz CT molecular complexity index is 1380. The molecule has 1 heterocycles. The fraction of sp³-hybridized carbons (Fsp3) is 0.143. The Balaban J connectivity index is 1.66. The summed E-state index contributed by atoms with van der Waals surface area (Å²) in [6, 6.07) is 21.0. The summed E-state index contributed by atoms with van der Waals surface area (Å²) < 4.78 is 10.8. The van der Waals surface area contributed by atoms with E-state index in [1.54, 1.807) is 56.5 Å². The Kier molecular flexibility index (Phi) is 7.63. The van der Waals surface area contributed by atoms with Crippen molar-refractivity contribution in [3.05, 3.63) is 95.2 Å². The highest BCUT2D eigenvalue weighted by atomic mass is 16.5. The number of hydrazine groups is 1. The third-order valence-corrected chi connectivity index (χ3v) is 5.37. The lowest BCUT2D eigenvalue weighted by molar-refractivity contribution is -0.124. The Morgan fingerprint density at radius 3 is 2.41 bits per heavy atom. The zero-order valence-electron chi connectivity index (χ0n) is 20.6. The van der Waals surface area contributed by atoms with E-state index in [0.717, 1.165) is 10.6 Å². The normalized spacial score (nSPS) is 13.8. The third kappa shape index (κ3) is 5.84. The zero-order valence-corrected chi connectivity index (χ0v) is 20.6. The molecule has 9 heteroatoms. The smallest absolute Gasteiger partial charge is 0.297 e. The summed E-state index contributed by atoms with van der Waals surface area (Å²) >= 11 is 0. The molecule has 3 aromatic carbocycles. The van der Waals surface area contributed by atoms with Gasteiger partial charge in [-0.25, -0.2) is 4.99 Å². The highest BCUT2D eigenvalue weighted by Gasteiger charge is 2.33. The van der Waals surface area contributed by atoms with Crippen LogP contribution in [0.1, 0.15) is 35.3 Å². The van der Waals surface area contributed by atoms with Crippen molar-refractivity contribution in [1.29, 1.82) is 0 Å². The van der Waals surface area contributed by atoms with Crippen LogP contribution in [0.5, 0.6) is 11.5 Å². The second-order valence-electron chi connectivity index (χ2n) is 8.01. The first-order chi connectivity index (χ1) is 17.9. The van der Waals surface area contributed by atoms with E-state index in [1.165, 1.54) is 13.0 Å². The standard InChI is InChI=1S/C28H26N4O5/c1-4-37-25-17-21(29-18(2)33)12-15-23(25)27(34)31-32-26(20-8-6-5-7-9-20)30-24(28(32)35)16-19-10-13-22(36-3)14-11-19/h5-17H,4H2,1-3H3,(H,29,33)(H,31,34)/b24-16-. The second kappa shape index (κ2) is 11.2. The number of nitrogens with one attached hydrogen (secondary N) is 2. The molecule has 9 nitrogen and oxygen atoms in total. The quantitative estimate of drug-likeness (QED) is 0.456. The lowest BCUT2D eigenvalue weighted by atomic mass is 10.1. The summed E-state index contributed by atoms with van der Waals surface area (Å²) in [5.41, 5.74) is 4.92. The van der Waals surface area contributed by atoms with Crippen molar-refractivity contribution in [2.24, 2.45) is 4.99 Å². The molecule has 0 aliphatic carbocycles. The van der Waals surface area contributed by atoms with Crippen LogP contribution in [-0.4, -0.2) is 42.3 Å². The molecule has 0 atom stereocenters. The lowest BCUT2D eigenvalue weighted by Crippen LogP contribution is -2.47. The second-order valence-corrected chi connectivity index (χ2v) is 8.01. The largest absolute Gasteiger partial charge is 0.497 e. The van der Waals surface area contributed by atoms with Gasteiger partial charge in [0.1, 0.15) is 17.2 Å². The monoisotopic (exact) mass is 498 g/mol. The van der Waals surface area contributed by atoms with Gasteiger partial charge in [-0.1, -0.05) is 42.5 Å². The van der Waals surface area contributed by atoms with Crippen molar-refractivity contribution in [3.8, 4) is 11.5 Å². The van der Waals surface area contributed by atoms with Crippen molar-refractivity contribution < 1.29 is 23.9 Å². The van der Waals surface area contributed by atoms with Gasteiger partial charge >= 0.3 is 0 Å². The van der Waals surface area contributed by atoms with Gasteiger partial charge in [0.05, 0.1) is 19.3 Å². The van der Waals surface area contributed by atoms with Crippen molar-refractivity contribution >= 4 is 35.3 Å². The minimum atomic E-state index is -0.569. The molecule has 0 spiro atoms. The first-order valence-corrected chi connectivity index (χ1v) is 11.6. The van der Waals surface area contributed by atoms with Crippen molar-refractivity contribution in [2.45, 2.75) is 13.8 Å². The number of carbonyl (C=O) groups is 3. The number of amides is 3. The number of hydrogen-bond donors (Lipinski definition) is 2. The minimum absolute atomic E-state index is 0.162. The molecule has 1 aliphatic heterocycles. The first-order valence-electron chi connectivity index (χ1n) is 11.6. The number of benzene rings is 3. The van der Waals surface area contributed by atoms with Crippen LogP contribution < -0.4 is 20.2 Å². The summed E-state index contributed by atoms with van der Waals surface area (Å²) in [6.45, 7) is 3.48. The van der Waals surface area contributed by atoms with E-state index in [4.69, 9.17) is 9.47 Å². The molecular formula is C28H26N4O5. The van der Waals surface area contributed by atoms with Crippen molar-refractivity contribution in [3.63, 3.8) is 0 Å². The SMILES string of the molecule is CCOc1cc(NC(C)=O)ccc1C(=O)NN1C(=O)/C(=C/c2ccc(OC)cc2)N=C1c1ccccc1. The third-order valence-electron chi connectivity index (χ3n) is 5.37. The number of ether oxygens (including phenoxy) is 2. The number of carbonyl (C=O) groups excluding carboxylic acids is 3. The number of methoxy groups -OCH3 is 1. The Labute approximate surface area is 214 Å². The summed E-state index contributed by atoms with van der Waals surface area (Å²) in [5.74, 6) is -0.0629. The molecule has 4 rings (SSSR count). The average Bonchev–Trinajstić information content (AvgIpc) is 3.19. The highest BCUT2D eigenvalue weighted by Crippen LogP contribution is 2.26. The molecule has 0 radical (unpaired) electrons. The van der Waals surface area contributed by atoms with Crippen LogP contribution in [-0.2, 0) is 9.59 Å². The fourth-order valence-electron chi connectivity index (χ4n) is 3.69. The predicted octanol–water partition coefficient (Wildman–Crippen LogP) is 4.03. The van der Waals surface area contributed by atoms with Gasteiger partial charge in [0, 0.05) is 24.2 Å². The van der Waals surface area contributed by atoms with Crippen LogP contribution in [0.2, 0.25) is 0 Å². The van der Waals surface area contributed by atoms with Crippen molar-refractivity contribution in [1.82, 2.24) is 10.4 Å². The Morgan fingerprint density at radius 1 is 1.03 bits per heavy atom. The van der Waals surface area contributed by atoms with Gasteiger partial charge in [-0.05, 0) is 42.8 Å². The summed E-state index contributed by atoms with van der Waals surface area (Å²) in [5, 5.41) is 3.79. The molecule has 0 saturated heterocycles. The molecule has 37 heavy (non-hydrogen) atoms. The van der Waals surface area contributed by atoms with Crippen LogP contribution in [0.3, 0.4) is 0 Å². The number of nitrogens with zero attached hydrogens (tertiary/aromatic N) is 2. The topological polar surface area (TPSA) is 109 Å². The van der Waals surface area contributed by atoms with Gasteiger partial charge in [-0.2, -0.15) is 5.01 Å². The van der Waals surface area contributed by atoms with Gasteiger partial charge in [0.25, 0.3) is 11.8 Å². The maximum atomic E-state index is 13.4. The van der Waals surface area contributed by atoms with Gasteiger partial charge in [-0.3, -0.25) is 19.8 Å². The van der Waals surface area contributed by atoms with Crippen molar-refractivity contribution in [2.75, 3.05) is 19.0 Å². The number of hydrogen-bond acceptors (Lipinski definition) is 6. The van der Waals surface area contributed by atoms with E-state index in [1.807, 2.05) is 30.3 Å². The van der Waals surface area contributed by atoms with Crippen LogP contribution in [0.15, 0.2) is 83.5 Å². The molecule has 2 N–H and O–H groups in total. The van der Waals surface area contributed by atoms with Crippen LogP contribution >= 0.6 is 0 Å². The van der Waals surface area contributed by atoms with E-state index in [2.05, 4.69) is 15.7 Å². The van der Waals surface area contributed by atoms with Gasteiger partial charge < -0.3 is 14.8 Å². The van der Waals surface area contributed by atoms with E-state index in [-0.39, 0.29) is 28.8 Å². The van der Waals surface area contributed by atoms with E-state index in [0.29, 0.717) is 23.6 Å². The fourth-order valence-corrected chi connectivity index (χ4v) is 3.69. The molecule has 0 fully saturated rings. The number of aliphatic imine (C=N–C) groups is 1. The molecule has 188 valence electrons. The predicted molar refractivity (Wildman–Crippen MR) is 140 cm³/mol. The summed E-state index contributed by atoms with van der Waals surface area (Å²) in [4.78, 5) is 42.7. The van der Waals surface area contributed by atoms with Gasteiger partial charge in [0.2, 0.25) is 5.91 Å². The Morgan fingerprint density at radius 2 is 1.76 bits per heavy atom. The molecule has 0 bridgehead atoms. The first kappa shape index (κ1) is 25.2. The highest BCUT2D eigenvalue weighted by molar-refractivity contribution is 6.20. The summed E-state index contributed by atoms with van der Waals surface area (Å²) in [7, 11) is 1.58. The van der Waals surface area contributed by atoms with Crippen LogP contribution in [0.25, 0.3) is 6.08 Å². The van der Waals surface area contributed by atoms with E-state index < -0.39 is 11.8 Å². The van der Waals surface area contributed by atoms with Crippen LogP contribution in [0.4, 0.5) is 5.69 Å². The molecule has 1 aliphatic rings. The number of anilines is 1. The van der Waals surface area contributed by atoms with E-state index >= 15 is 0 Å². The zero-order chi connectivity index (χ0) is 26.4. The van der Waals surface area contributed by atoms with Gasteiger partial charge in [-0.15, -0.1) is 0 Å². The number of amidine groups is 1.